The van der Waals surface area contributed by atoms with Gasteiger partial charge in [0.1, 0.15) is 16.4 Å². The van der Waals surface area contributed by atoms with Crippen molar-refractivity contribution in [2.24, 2.45) is 0 Å². The van der Waals surface area contributed by atoms with Crippen molar-refractivity contribution in [3.63, 3.8) is 0 Å². The third-order valence-corrected chi connectivity index (χ3v) is 8.29. The lowest BCUT2D eigenvalue weighted by molar-refractivity contribution is 0.482. The van der Waals surface area contributed by atoms with Crippen molar-refractivity contribution in [2.75, 3.05) is 0 Å². The van der Waals surface area contributed by atoms with E-state index in [9.17, 15) is 9.90 Å². The van der Waals surface area contributed by atoms with Gasteiger partial charge in [0.2, 0.25) is 0 Å². The van der Waals surface area contributed by atoms with E-state index in [2.05, 4.69) is 24.8 Å². The molecule has 0 fully saturated rings. The third-order valence-electron chi connectivity index (χ3n) is 6.31. The lowest BCUT2D eigenvalue weighted by Crippen LogP contribution is -2.25. The van der Waals surface area contributed by atoms with E-state index in [4.69, 9.17) is 4.98 Å². The van der Waals surface area contributed by atoms with E-state index in [-0.39, 0.29) is 11.3 Å². The molecule has 0 unspecified atom stereocenters. The summed E-state index contributed by atoms with van der Waals surface area (Å²) in [5.74, 6) is 0.947. The molecule has 0 amide bonds. The maximum absolute atomic E-state index is 14.0. The molecule has 0 aliphatic rings. The van der Waals surface area contributed by atoms with Crippen LogP contribution in [0, 0.1) is 0 Å². The molecule has 4 nitrogen and oxygen atoms in total. The molecule has 2 aromatic carbocycles. The first kappa shape index (κ1) is 24.9. The Morgan fingerprint density at radius 3 is 2.70 bits per heavy atom. The number of hydrogen-bond acceptors (Lipinski definition) is 5. The summed E-state index contributed by atoms with van der Waals surface area (Å²) in [5, 5.41) is 14.3. The number of allylic oxidation sites excluding steroid dienone is 5. The van der Waals surface area contributed by atoms with E-state index in [0.29, 0.717) is 34.3 Å². The van der Waals surface area contributed by atoms with Crippen LogP contribution < -0.4 is 5.56 Å². The van der Waals surface area contributed by atoms with Gasteiger partial charge >= 0.3 is 0 Å². The summed E-state index contributed by atoms with van der Waals surface area (Å²) in [5.41, 5.74) is 3.20. The summed E-state index contributed by atoms with van der Waals surface area (Å²) in [6.07, 6.45) is 9.90. The topological polar surface area (TPSA) is 55.1 Å². The van der Waals surface area contributed by atoms with E-state index in [1.807, 2.05) is 65.4 Å². The normalized spacial score (nSPS) is 12.2. The molecule has 0 saturated carbocycles. The molecule has 0 aliphatic carbocycles. The second kappa shape index (κ2) is 11.1. The molecule has 0 bridgehead atoms. The van der Waals surface area contributed by atoms with E-state index in [0.717, 1.165) is 39.2 Å². The van der Waals surface area contributed by atoms with Gasteiger partial charge in [-0.2, -0.15) is 0 Å². The van der Waals surface area contributed by atoms with Crippen LogP contribution >= 0.6 is 22.7 Å². The summed E-state index contributed by atoms with van der Waals surface area (Å²) in [6, 6.07) is 18.0. The maximum atomic E-state index is 14.0. The Balaban J connectivity index is 1.64. The molecule has 0 atom stereocenters. The van der Waals surface area contributed by atoms with Crippen LogP contribution in [0.3, 0.4) is 0 Å². The van der Waals surface area contributed by atoms with Crippen LogP contribution in [0.4, 0.5) is 0 Å². The lowest BCUT2D eigenvalue weighted by atomic mass is 10.0. The number of aryl methyl sites for hydroxylation is 1. The first-order valence-corrected chi connectivity index (χ1v) is 14.0. The van der Waals surface area contributed by atoms with Crippen molar-refractivity contribution in [2.45, 2.75) is 32.7 Å². The molecular formula is C31H28N2O2S2. The fourth-order valence-electron chi connectivity index (χ4n) is 4.63. The highest BCUT2D eigenvalue weighted by Crippen LogP contribution is 2.38. The molecule has 3 aromatic heterocycles. The van der Waals surface area contributed by atoms with Gasteiger partial charge in [0, 0.05) is 16.7 Å². The van der Waals surface area contributed by atoms with Gasteiger partial charge in [0.05, 0.1) is 16.6 Å². The first-order valence-electron chi connectivity index (χ1n) is 12.3. The minimum absolute atomic E-state index is 0.0591. The molecule has 0 radical (unpaired) electrons. The molecule has 0 aliphatic heterocycles. The van der Waals surface area contributed by atoms with Crippen molar-refractivity contribution in [1.29, 1.82) is 0 Å². The van der Waals surface area contributed by atoms with Crippen LogP contribution in [0.1, 0.15) is 35.2 Å². The monoisotopic (exact) mass is 524 g/mol. The number of nitrogens with zero attached hydrogens (tertiary/aromatic N) is 2. The Bertz CT molecular complexity index is 1670. The first-order chi connectivity index (χ1) is 18.1. The van der Waals surface area contributed by atoms with Crippen molar-refractivity contribution in [1.82, 2.24) is 9.55 Å². The SMILES string of the molecule is C=C/C=C(\C=C/C)CCc1nc2sc3c(O)cc(Cc4ccccc4)cc3c2c(=O)n1Cc1cccs1. The number of rotatable bonds is 9. The minimum Gasteiger partial charge on any atom is -0.506 e. The quantitative estimate of drug-likeness (QED) is 0.202. The highest BCUT2D eigenvalue weighted by atomic mass is 32.1. The molecule has 5 aromatic rings. The Labute approximate surface area is 224 Å². The Morgan fingerprint density at radius 1 is 1.14 bits per heavy atom. The number of phenols is 1. The molecule has 186 valence electrons. The van der Waals surface area contributed by atoms with Crippen molar-refractivity contribution in [3.8, 4) is 5.75 Å². The van der Waals surface area contributed by atoms with E-state index in [1.54, 1.807) is 23.5 Å². The van der Waals surface area contributed by atoms with Gasteiger partial charge in [-0.05, 0) is 60.0 Å². The third kappa shape index (κ3) is 5.36. The van der Waals surface area contributed by atoms with Crippen LogP contribution in [-0.2, 0) is 19.4 Å². The number of aromatic nitrogens is 2. The van der Waals surface area contributed by atoms with Crippen LogP contribution in [0.5, 0.6) is 5.75 Å². The molecule has 37 heavy (non-hydrogen) atoms. The molecule has 6 heteroatoms. The zero-order valence-corrected chi connectivity index (χ0v) is 22.3. The summed E-state index contributed by atoms with van der Waals surface area (Å²) >= 11 is 3.02. The second-order valence-corrected chi connectivity index (χ2v) is 10.9. The predicted molar refractivity (Wildman–Crippen MR) is 157 cm³/mol. The fourth-order valence-corrected chi connectivity index (χ4v) is 6.40. The molecule has 3 heterocycles. The summed E-state index contributed by atoms with van der Waals surface area (Å²) < 4.78 is 2.51. The number of benzene rings is 2. The van der Waals surface area contributed by atoms with E-state index < -0.39 is 0 Å². The number of thiophene rings is 2. The van der Waals surface area contributed by atoms with Crippen molar-refractivity contribution in [3.05, 3.63) is 129 Å². The highest BCUT2D eigenvalue weighted by molar-refractivity contribution is 7.25. The van der Waals surface area contributed by atoms with Crippen LogP contribution in [0.25, 0.3) is 20.3 Å². The molecule has 1 N–H and O–H groups in total. The predicted octanol–water partition coefficient (Wildman–Crippen LogP) is 7.64. The number of fused-ring (bicyclic) bond motifs is 3. The maximum Gasteiger partial charge on any atom is 0.263 e. The lowest BCUT2D eigenvalue weighted by Gasteiger charge is -2.12. The van der Waals surface area contributed by atoms with E-state index >= 15 is 0 Å². The molecular weight excluding hydrogens is 496 g/mol. The zero-order chi connectivity index (χ0) is 25.8. The largest absolute Gasteiger partial charge is 0.506 e. The van der Waals surface area contributed by atoms with Crippen LogP contribution in [0.2, 0.25) is 0 Å². The molecule has 5 rings (SSSR count). The van der Waals surface area contributed by atoms with Gasteiger partial charge in [-0.1, -0.05) is 67.3 Å². The van der Waals surface area contributed by atoms with Gasteiger partial charge in [-0.15, -0.1) is 22.7 Å². The zero-order valence-electron chi connectivity index (χ0n) is 20.7. The number of aromatic hydroxyl groups is 1. The minimum atomic E-state index is -0.0591. The standard InChI is InChI=1S/C31H28N2O2S2/c1-3-9-21(10-4-2)14-15-27-32-30-28(31(35)33(27)20-24-13-8-16-36-24)25-18-23(19-26(34)29(25)37-30)17-22-11-6-5-7-12-22/h3-13,16,18-19,34H,1,14-15,17,20H2,2H3/b10-4-,21-9+. The van der Waals surface area contributed by atoms with Crippen LogP contribution in [-0.4, -0.2) is 14.7 Å². The Hall–Kier alpha value is -3.74. The second-order valence-electron chi connectivity index (χ2n) is 8.91. The van der Waals surface area contributed by atoms with Crippen molar-refractivity contribution < 1.29 is 5.11 Å². The highest BCUT2D eigenvalue weighted by Gasteiger charge is 2.19. The van der Waals surface area contributed by atoms with Gasteiger partial charge in [0.25, 0.3) is 5.56 Å². The Morgan fingerprint density at radius 2 is 1.97 bits per heavy atom. The molecule has 0 spiro atoms. The fraction of sp³-hybridized carbons (Fsp3) is 0.161. The van der Waals surface area contributed by atoms with E-state index in [1.165, 1.54) is 11.3 Å². The summed E-state index contributed by atoms with van der Waals surface area (Å²) in [4.78, 5) is 20.8. The van der Waals surface area contributed by atoms with Crippen LogP contribution in [0.15, 0.2) is 101 Å². The average molecular weight is 525 g/mol. The van der Waals surface area contributed by atoms with Gasteiger partial charge in [-0.3, -0.25) is 9.36 Å². The summed E-state index contributed by atoms with van der Waals surface area (Å²) in [7, 11) is 0. The average Bonchev–Trinajstić information content (AvgIpc) is 3.53. The van der Waals surface area contributed by atoms with Gasteiger partial charge in [-0.25, -0.2) is 4.98 Å². The smallest absolute Gasteiger partial charge is 0.263 e. The van der Waals surface area contributed by atoms with Gasteiger partial charge < -0.3 is 5.11 Å². The van der Waals surface area contributed by atoms with Crippen molar-refractivity contribution >= 4 is 43.0 Å². The Kier molecular flexibility index (Phi) is 7.49. The molecule has 0 saturated heterocycles. The van der Waals surface area contributed by atoms with Gasteiger partial charge in [0.15, 0.2) is 0 Å². The number of hydrogen-bond donors (Lipinski definition) is 1. The number of phenolic OH excluding ortho intramolecular Hbond substituents is 1. The summed E-state index contributed by atoms with van der Waals surface area (Å²) in [6.45, 7) is 6.29.